The number of nitrogens with one attached hydrogen (secondary N) is 4. The van der Waals surface area contributed by atoms with Crippen molar-refractivity contribution < 1.29 is 33.9 Å². The van der Waals surface area contributed by atoms with Gasteiger partial charge < -0.3 is 42.7 Å². The summed E-state index contributed by atoms with van der Waals surface area (Å²) in [7, 11) is 0. The van der Waals surface area contributed by atoms with Crippen molar-refractivity contribution in [3.8, 4) is 5.75 Å². The maximum absolute atomic E-state index is 13.0. The molecular formula is C27H41N7O7. The minimum Gasteiger partial charge on any atom is -0.508 e. The summed E-state index contributed by atoms with van der Waals surface area (Å²) in [6.45, 7) is 4.75. The fourth-order valence-corrected chi connectivity index (χ4v) is 4.39. The van der Waals surface area contributed by atoms with Crippen LogP contribution in [0.3, 0.4) is 0 Å². The molecule has 1 saturated heterocycles. The van der Waals surface area contributed by atoms with Crippen molar-refractivity contribution in [3.05, 3.63) is 29.8 Å². The molecule has 1 heterocycles. The summed E-state index contributed by atoms with van der Waals surface area (Å²) in [5.41, 5.74) is 11.8. The van der Waals surface area contributed by atoms with Crippen LogP contribution >= 0.6 is 0 Å². The van der Waals surface area contributed by atoms with Gasteiger partial charge in [0.2, 0.25) is 35.4 Å². The van der Waals surface area contributed by atoms with Crippen molar-refractivity contribution >= 4 is 35.4 Å². The van der Waals surface area contributed by atoms with Gasteiger partial charge in [-0.1, -0.05) is 26.0 Å². The van der Waals surface area contributed by atoms with Crippen LogP contribution in [0.4, 0.5) is 0 Å². The second-order valence-corrected chi connectivity index (χ2v) is 10.5. The number of phenolic OH excluding ortho intramolecular Hbond substituents is 1. The van der Waals surface area contributed by atoms with Crippen LogP contribution < -0.4 is 32.7 Å². The van der Waals surface area contributed by atoms with Crippen molar-refractivity contribution in [2.24, 2.45) is 17.4 Å². The number of amides is 6. The van der Waals surface area contributed by atoms with Gasteiger partial charge in [0.25, 0.3) is 0 Å². The molecule has 1 fully saturated rings. The third-order valence-electron chi connectivity index (χ3n) is 6.55. The molecule has 0 spiro atoms. The predicted octanol–water partition coefficient (Wildman–Crippen LogP) is -1.99. The molecule has 0 aliphatic carbocycles. The summed E-state index contributed by atoms with van der Waals surface area (Å²) in [4.78, 5) is 75.8. The van der Waals surface area contributed by atoms with Gasteiger partial charge in [0, 0.05) is 6.54 Å². The largest absolute Gasteiger partial charge is 0.508 e. The van der Waals surface area contributed by atoms with Crippen LogP contribution in [0.5, 0.6) is 5.75 Å². The highest BCUT2D eigenvalue weighted by Gasteiger charge is 2.36. The van der Waals surface area contributed by atoms with Crippen LogP contribution in [0.25, 0.3) is 0 Å². The first-order chi connectivity index (χ1) is 19.3. The van der Waals surface area contributed by atoms with Crippen molar-refractivity contribution in [3.63, 3.8) is 0 Å². The highest BCUT2D eigenvalue weighted by molar-refractivity contribution is 5.95. The Kier molecular flexibility index (Phi) is 12.5. The molecule has 1 aromatic carbocycles. The summed E-state index contributed by atoms with van der Waals surface area (Å²) in [5, 5.41) is 19.4. The Labute approximate surface area is 238 Å². The molecule has 9 N–H and O–H groups in total. The minimum atomic E-state index is -0.977. The van der Waals surface area contributed by atoms with E-state index in [1.165, 1.54) is 24.0 Å². The van der Waals surface area contributed by atoms with Gasteiger partial charge in [-0.15, -0.1) is 0 Å². The number of hydrogen-bond donors (Lipinski definition) is 7. The zero-order chi connectivity index (χ0) is 30.7. The number of nitrogens with zero attached hydrogens (tertiary/aromatic N) is 1. The quantitative estimate of drug-likeness (QED) is 0.131. The molecule has 41 heavy (non-hydrogen) atoms. The lowest BCUT2D eigenvalue weighted by Gasteiger charge is -2.27. The van der Waals surface area contributed by atoms with Gasteiger partial charge in [-0.05, 0) is 56.2 Å². The van der Waals surface area contributed by atoms with E-state index < -0.39 is 66.2 Å². The maximum Gasteiger partial charge on any atom is 0.243 e. The number of carbonyl (C=O) groups excluding carboxylic acids is 6. The average Bonchev–Trinajstić information content (AvgIpc) is 3.41. The lowest BCUT2D eigenvalue weighted by molar-refractivity contribution is -0.140. The first kappa shape index (κ1) is 33.0. The summed E-state index contributed by atoms with van der Waals surface area (Å²) < 4.78 is 0. The number of benzene rings is 1. The number of hydrogen-bond acceptors (Lipinski definition) is 8. The van der Waals surface area contributed by atoms with E-state index in [0.29, 0.717) is 25.8 Å². The number of carbonyl (C=O) groups is 6. The lowest BCUT2D eigenvalue weighted by atomic mass is 10.0. The van der Waals surface area contributed by atoms with Crippen molar-refractivity contribution in [2.45, 2.75) is 70.6 Å². The van der Waals surface area contributed by atoms with E-state index in [9.17, 15) is 33.9 Å². The minimum absolute atomic E-state index is 0.0565. The zero-order valence-electron chi connectivity index (χ0n) is 23.6. The Hall–Kier alpha value is -4.20. The predicted molar refractivity (Wildman–Crippen MR) is 149 cm³/mol. The van der Waals surface area contributed by atoms with E-state index in [0.717, 1.165) is 5.56 Å². The van der Waals surface area contributed by atoms with E-state index in [1.54, 1.807) is 12.1 Å². The molecule has 14 heteroatoms. The Morgan fingerprint density at radius 3 is 2.20 bits per heavy atom. The third kappa shape index (κ3) is 10.7. The molecule has 1 aromatic rings. The topological polar surface area (TPSA) is 226 Å². The van der Waals surface area contributed by atoms with Gasteiger partial charge in [-0.25, -0.2) is 0 Å². The van der Waals surface area contributed by atoms with Gasteiger partial charge in [0.15, 0.2) is 0 Å². The Morgan fingerprint density at radius 2 is 1.59 bits per heavy atom. The summed E-state index contributed by atoms with van der Waals surface area (Å²) >= 11 is 0. The molecule has 0 radical (unpaired) electrons. The standard InChI is InChI=1S/C27H41N7O7/c1-15(2)11-20(26(40)30-13-22(29)36)33-27(41)21-5-4-10-34(21)23(37)14-31-24(38)16(3)32-25(39)19(28)12-17-6-8-18(35)9-7-17/h6-9,15-16,19-21,35H,4-5,10-14,28H2,1-3H3,(H2,29,36)(H,30,40)(H,31,38)(H,32,39)(H,33,41)/t16-,19+,20+,21+/m0/s1. The lowest BCUT2D eigenvalue weighted by Crippen LogP contribution is -2.55. The summed E-state index contributed by atoms with van der Waals surface area (Å²) in [6, 6.07) is 2.59. The first-order valence-electron chi connectivity index (χ1n) is 13.6. The summed E-state index contributed by atoms with van der Waals surface area (Å²) in [5.74, 6) is -3.28. The molecule has 6 amide bonds. The second kappa shape index (κ2) is 15.6. The number of rotatable bonds is 14. The van der Waals surface area contributed by atoms with Crippen molar-refractivity contribution in [1.82, 2.24) is 26.2 Å². The molecule has 4 atom stereocenters. The Bertz CT molecular complexity index is 1110. The second-order valence-electron chi connectivity index (χ2n) is 10.5. The molecule has 0 unspecified atom stereocenters. The van der Waals surface area contributed by atoms with E-state index >= 15 is 0 Å². The van der Waals surface area contributed by atoms with Gasteiger partial charge in [0.1, 0.15) is 23.9 Å². The normalized spacial score (nSPS) is 16.8. The molecule has 2 rings (SSSR count). The van der Waals surface area contributed by atoms with Crippen LogP contribution in [0.15, 0.2) is 24.3 Å². The first-order valence-corrected chi connectivity index (χ1v) is 13.6. The Morgan fingerprint density at radius 1 is 0.951 bits per heavy atom. The van der Waals surface area contributed by atoms with Crippen molar-refractivity contribution in [2.75, 3.05) is 19.6 Å². The van der Waals surface area contributed by atoms with Gasteiger partial charge in [0.05, 0.1) is 19.1 Å². The SMILES string of the molecule is CC(C)C[C@@H](NC(=O)[C@H]1CCCN1C(=O)CNC(=O)[C@H](C)NC(=O)[C@H](N)Cc1ccc(O)cc1)C(=O)NCC(N)=O. The fraction of sp³-hybridized carbons (Fsp3) is 0.556. The molecule has 0 aromatic heterocycles. The maximum atomic E-state index is 13.0. The molecule has 14 nitrogen and oxygen atoms in total. The van der Waals surface area contributed by atoms with E-state index in [-0.39, 0.29) is 24.6 Å². The van der Waals surface area contributed by atoms with Crippen LogP contribution in [-0.2, 0) is 35.2 Å². The number of nitrogens with two attached hydrogens (primary N) is 2. The number of aromatic hydroxyl groups is 1. The molecule has 1 aliphatic heterocycles. The van der Waals surface area contributed by atoms with Crippen LogP contribution in [0.1, 0.15) is 45.6 Å². The number of primary amides is 1. The van der Waals surface area contributed by atoms with Gasteiger partial charge in [-0.3, -0.25) is 28.8 Å². The zero-order valence-corrected chi connectivity index (χ0v) is 23.6. The van der Waals surface area contributed by atoms with Gasteiger partial charge in [-0.2, -0.15) is 0 Å². The Balaban J connectivity index is 1.88. The number of likely N-dealkylation sites (tertiary alicyclic amines) is 1. The fourth-order valence-electron chi connectivity index (χ4n) is 4.39. The van der Waals surface area contributed by atoms with E-state index in [2.05, 4.69) is 21.3 Å². The summed E-state index contributed by atoms with van der Waals surface area (Å²) in [6.07, 6.45) is 1.46. The van der Waals surface area contributed by atoms with E-state index in [1.807, 2.05) is 13.8 Å². The third-order valence-corrected chi connectivity index (χ3v) is 6.55. The molecule has 1 aliphatic rings. The monoisotopic (exact) mass is 575 g/mol. The number of phenols is 1. The molecule has 226 valence electrons. The highest BCUT2D eigenvalue weighted by atomic mass is 16.3. The molecule has 0 saturated carbocycles. The smallest absolute Gasteiger partial charge is 0.243 e. The van der Waals surface area contributed by atoms with Gasteiger partial charge >= 0.3 is 0 Å². The van der Waals surface area contributed by atoms with Crippen LogP contribution in [-0.4, -0.2) is 89.3 Å². The highest BCUT2D eigenvalue weighted by Crippen LogP contribution is 2.18. The van der Waals surface area contributed by atoms with Crippen molar-refractivity contribution in [1.29, 1.82) is 0 Å². The van der Waals surface area contributed by atoms with E-state index in [4.69, 9.17) is 11.5 Å². The van der Waals surface area contributed by atoms with Crippen LogP contribution in [0.2, 0.25) is 0 Å². The molecule has 0 bridgehead atoms. The average molecular weight is 576 g/mol. The molecular weight excluding hydrogens is 534 g/mol. The van der Waals surface area contributed by atoms with Crippen LogP contribution in [0, 0.1) is 5.92 Å².